The van der Waals surface area contributed by atoms with Gasteiger partial charge in [-0.3, -0.25) is 0 Å². The van der Waals surface area contributed by atoms with Gasteiger partial charge in [0.15, 0.2) is 0 Å². The van der Waals surface area contributed by atoms with E-state index in [-0.39, 0.29) is 0 Å². The first-order valence-corrected chi connectivity index (χ1v) is 4.81. The Morgan fingerprint density at radius 2 is 2.38 bits per heavy atom. The number of amidine groups is 1. The number of aliphatic imine (C=N–C) groups is 1. The van der Waals surface area contributed by atoms with Crippen molar-refractivity contribution in [1.82, 2.24) is 4.90 Å². The van der Waals surface area contributed by atoms with Crippen LogP contribution in [0.4, 0.5) is 0 Å². The maximum atomic E-state index is 5.68. The third-order valence-electron chi connectivity index (χ3n) is 1.91. The fourth-order valence-electron chi connectivity index (χ4n) is 1.38. The molecule has 2 N–H and O–H groups in total. The zero-order valence-corrected chi connectivity index (χ0v) is 8.87. The monoisotopic (exact) mass is 239 g/mol. The predicted molar refractivity (Wildman–Crippen MR) is 57.2 cm³/mol. The first kappa shape index (κ1) is 8.56. The average Bonchev–Trinajstić information content (AvgIpc) is 2.02. The third kappa shape index (κ3) is 1.54. The Hall–Kier alpha value is -1.03. The molecule has 13 heavy (non-hydrogen) atoms. The highest BCUT2D eigenvalue weighted by atomic mass is 79.9. The Balaban J connectivity index is 2.41. The minimum Gasteiger partial charge on any atom is -0.399 e. The lowest BCUT2D eigenvalue weighted by Crippen LogP contribution is -2.34. The van der Waals surface area contributed by atoms with E-state index in [1.807, 2.05) is 24.1 Å². The van der Waals surface area contributed by atoms with E-state index in [0.717, 1.165) is 22.6 Å². The molecule has 0 fully saturated rings. The number of halogens is 1. The van der Waals surface area contributed by atoms with Crippen LogP contribution in [0.5, 0.6) is 0 Å². The van der Waals surface area contributed by atoms with Crippen LogP contribution < -0.4 is 5.73 Å². The Labute approximate surface area is 85.4 Å². The van der Waals surface area contributed by atoms with Crippen molar-refractivity contribution in [3.8, 4) is 0 Å². The molecule has 3 nitrogen and oxygen atoms in total. The van der Waals surface area contributed by atoms with Gasteiger partial charge in [-0.25, -0.2) is 4.99 Å². The lowest BCUT2D eigenvalue weighted by Gasteiger charge is -2.28. The van der Waals surface area contributed by atoms with Crippen molar-refractivity contribution in [3.63, 3.8) is 0 Å². The standard InChI is InChI=1S/C9H10BrN3/c1-6-2-8(10)9-12-3-7(11)5-13(9)4-6/h2-4H,5,11H2,1H3. The van der Waals surface area contributed by atoms with Crippen LogP contribution in [-0.4, -0.2) is 17.3 Å². The summed E-state index contributed by atoms with van der Waals surface area (Å²) in [5, 5.41) is 0. The molecule has 68 valence electrons. The summed E-state index contributed by atoms with van der Waals surface area (Å²) in [5.41, 5.74) is 7.66. The van der Waals surface area contributed by atoms with E-state index in [9.17, 15) is 0 Å². The van der Waals surface area contributed by atoms with Crippen LogP contribution in [0.15, 0.2) is 39.2 Å². The van der Waals surface area contributed by atoms with Gasteiger partial charge in [0.1, 0.15) is 5.84 Å². The summed E-state index contributed by atoms with van der Waals surface area (Å²) in [6.45, 7) is 2.77. The number of rotatable bonds is 0. The smallest absolute Gasteiger partial charge is 0.147 e. The number of nitrogens with zero attached hydrogens (tertiary/aromatic N) is 2. The molecule has 0 aromatic rings. The van der Waals surface area contributed by atoms with Crippen LogP contribution in [-0.2, 0) is 0 Å². The molecule has 2 heterocycles. The SMILES string of the molecule is CC1=CN2CC(N)=CN=C2C(Br)=C1. The van der Waals surface area contributed by atoms with E-state index in [0.29, 0.717) is 0 Å². The van der Waals surface area contributed by atoms with E-state index in [4.69, 9.17) is 5.73 Å². The molecule has 0 saturated heterocycles. The van der Waals surface area contributed by atoms with Crippen molar-refractivity contribution in [1.29, 1.82) is 0 Å². The molecule has 0 aliphatic carbocycles. The summed E-state index contributed by atoms with van der Waals surface area (Å²) in [7, 11) is 0. The number of hydrogen-bond acceptors (Lipinski definition) is 3. The molecule has 0 spiro atoms. The van der Waals surface area contributed by atoms with E-state index in [1.54, 1.807) is 6.20 Å². The molecule has 0 unspecified atom stereocenters. The molecule has 4 heteroatoms. The number of allylic oxidation sites excluding steroid dienone is 2. The highest BCUT2D eigenvalue weighted by Crippen LogP contribution is 2.23. The number of hydrogen-bond donors (Lipinski definition) is 1. The maximum absolute atomic E-state index is 5.68. The van der Waals surface area contributed by atoms with Gasteiger partial charge in [-0.1, -0.05) is 0 Å². The van der Waals surface area contributed by atoms with E-state index in [1.165, 1.54) is 5.57 Å². The van der Waals surface area contributed by atoms with Gasteiger partial charge in [0.25, 0.3) is 0 Å². The summed E-state index contributed by atoms with van der Waals surface area (Å²) < 4.78 is 1.01. The number of nitrogens with two attached hydrogens (primary N) is 1. The topological polar surface area (TPSA) is 41.6 Å². The van der Waals surface area contributed by atoms with Gasteiger partial charge in [0.2, 0.25) is 0 Å². The summed E-state index contributed by atoms with van der Waals surface area (Å²) in [4.78, 5) is 6.28. The molecule has 0 aromatic heterocycles. The molecule has 0 radical (unpaired) electrons. The zero-order chi connectivity index (χ0) is 9.42. The Morgan fingerprint density at radius 1 is 1.62 bits per heavy atom. The molecular formula is C9H10BrN3. The summed E-state index contributed by atoms with van der Waals surface area (Å²) in [6, 6.07) is 0. The van der Waals surface area contributed by atoms with Crippen molar-refractivity contribution in [3.05, 3.63) is 34.2 Å². The quantitative estimate of drug-likeness (QED) is 0.700. The number of fused-ring (bicyclic) bond motifs is 1. The van der Waals surface area contributed by atoms with Crippen molar-refractivity contribution in [2.75, 3.05) is 6.54 Å². The zero-order valence-electron chi connectivity index (χ0n) is 7.29. The first-order chi connectivity index (χ1) is 6.16. The van der Waals surface area contributed by atoms with Crippen LogP contribution in [0, 0.1) is 0 Å². The molecule has 2 rings (SSSR count). The molecule has 0 aromatic carbocycles. The van der Waals surface area contributed by atoms with Gasteiger partial charge in [-0.05, 0) is 34.5 Å². The van der Waals surface area contributed by atoms with Crippen LogP contribution in [0.3, 0.4) is 0 Å². The lowest BCUT2D eigenvalue weighted by molar-refractivity contribution is 0.585. The second kappa shape index (κ2) is 3.03. The van der Waals surface area contributed by atoms with Gasteiger partial charge in [0.05, 0.1) is 11.0 Å². The third-order valence-corrected chi connectivity index (χ3v) is 2.49. The minimum atomic E-state index is 0.721. The predicted octanol–water partition coefficient (Wildman–Crippen LogP) is 1.70. The fourth-order valence-corrected chi connectivity index (χ4v) is 2.07. The van der Waals surface area contributed by atoms with Gasteiger partial charge in [-0.15, -0.1) is 0 Å². The highest BCUT2D eigenvalue weighted by molar-refractivity contribution is 9.12. The summed E-state index contributed by atoms with van der Waals surface area (Å²) in [5.74, 6) is 0.930. The Bertz CT molecular complexity index is 363. The lowest BCUT2D eigenvalue weighted by atomic mass is 10.2. The largest absolute Gasteiger partial charge is 0.399 e. The molecule has 0 amide bonds. The van der Waals surface area contributed by atoms with Gasteiger partial charge >= 0.3 is 0 Å². The Kier molecular flexibility index (Phi) is 2.00. The normalized spacial score (nSPS) is 21.2. The van der Waals surface area contributed by atoms with Gasteiger partial charge < -0.3 is 10.6 Å². The second-order valence-electron chi connectivity index (χ2n) is 3.15. The molecule has 0 bridgehead atoms. The molecule has 0 saturated carbocycles. The van der Waals surface area contributed by atoms with Crippen LogP contribution >= 0.6 is 15.9 Å². The Morgan fingerprint density at radius 3 is 3.15 bits per heavy atom. The maximum Gasteiger partial charge on any atom is 0.147 e. The van der Waals surface area contributed by atoms with E-state index < -0.39 is 0 Å². The molecule has 2 aliphatic heterocycles. The van der Waals surface area contributed by atoms with Gasteiger partial charge in [-0.2, -0.15) is 0 Å². The van der Waals surface area contributed by atoms with Crippen molar-refractivity contribution < 1.29 is 0 Å². The van der Waals surface area contributed by atoms with E-state index in [2.05, 4.69) is 20.9 Å². The highest BCUT2D eigenvalue weighted by Gasteiger charge is 2.19. The van der Waals surface area contributed by atoms with Crippen LogP contribution in [0.25, 0.3) is 0 Å². The average molecular weight is 240 g/mol. The summed E-state index contributed by atoms with van der Waals surface area (Å²) in [6.07, 6.45) is 5.80. The van der Waals surface area contributed by atoms with Crippen LogP contribution in [0.1, 0.15) is 6.92 Å². The minimum absolute atomic E-state index is 0.721. The molecule has 0 atom stereocenters. The fraction of sp³-hybridized carbons (Fsp3) is 0.222. The van der Waals surface area contributed by atoms with E-state index >= 15 is 0 Å². The van der Waals surface area contributed by atoms with Crippen molar-refractivity contribution >= 4 is 21.8 Å². The van der Waals surface area contributed by atoms with Crippen molar-refractivity contribution in [2.45, 2.75) is 6.92 Å². The molecular weight excluding hydrogens is 230 g/mol. The van der Waals surface area contributed by atoms with Crippen LogP contribution in [0.2, 0.25) is 0 Å². The van der Waals surface area contributed by atoms with Gasteiger partial charge in [0, 0.05) is 18.1 Å². The second-order valence-corrected chi connectivity index (χ2v) is 4.00. The first-order valence-electron chi connectivity index (χ1n) is 4.02. The van der Waals surface area contributed by atoms with Crippen molar-refractivity contribution in [2.24, 2.45) is 10.7 Å². The summed E-state index contributed by atoms with van der Waals surface area (Å²) >= 11 is 3.47. The molecule has 2 aliphatic rings.